The van der Waals surface area contributed by atoms with Crippen LogP contribution in [0.2, 0.25) is 0 Å². The molecule has 0 spiro atoms. The lowest BCUT2D eigenvalue weighted by Crippen LogP contribution is -2.30. The van der Waals surface area contributed by atoms with E-state index in [9.17, 15) is 13.2 Å². The van der Waals surface area contributed by atoms with Crippen molar-refractivity contribution in [2.75, 3.05) is 5.32 Å². The minimum Gasteiger partial charge on any atom is -0.375 e. The van der Waals surface area contributed by atoms with Gasteiger partial charge in [0.15, 0.2) is 0 Å². The molecule has 0 saturated carbocycles. The van der Waals surface area contributed by atoms with Crippen LogP contribution in [-0.2, 0) is 11.7 Å². The molecule has 1 aromatic heterocycles. The summed E-state index contributed by atoms with van der Waals surface area (Å²) in [5.74, 6) is 0. The van der Waals surface area contributed by atoms with Crippen molar-refractivity contribution in [1.82, 2.24) is 3.96 Å². The molecule has 2 aromatic carbocycles. The van der Waals surface area contributed by atoms with Gasteiger partial charge in [0.1, 0.15) is 4.64 Å². The topological polar surface area (TPSA) is 17.0 Å². The Labute approximate surface area is 170 Å². The lowest BCUT2D eigenvalue weighted by Gasteiger charge is -2.33. The van der Waals surface area contributed by atoms with Gasteiger partial charge >= 0.3 is 6.18 Å². The molecule has 2 nitrogen and oxygen atoms in total. The first-order valence-corrected chi connectivity index (χ1v) is 10.0. The van der Waals surface area contributed by atoms with Crippen molar-refractivity contribution >= 4 is 29.4 Å². The summed E-state index contributed by atoms with van der Waals surface area (Å²) in [6, 6.07) is 9.52. The minimum atomic E-state index is -4.39. The van der Waals surface area contributed by atoms with Crippen LogP contribution in [0.3, 0.4) is 0 Å². The Morgan fingerprint density at radius 3 is 2.43 bits per heavy atom. The number of nitrogens with zero attached hydrogens (tertiary/aromatic N) is 1. The van der Waals surface area contributed by atoms with Gasteiger partial charge in [0.25, 0.3) is 0 Å². The van der Waals surface area contributed by atoms with Gasteiger partial charge in [0.05, 0.1) is 21.7 Å². The number of halogens is 3. The first kappa shape index (κ1) is 19.2. The molecule has 0 aliphatic carbocycles. The van der Waals surface area contributed by atoms with E-state index in [1.54, 1.807) is 10.0 Å². The van der Waals surface area contributed by atoms with Gasteiger partial charge in [-0.25, -0.2) is 0 Å². The summed E-state index contributed by atoms with van der Waals surface area (Å²) >= 11 is 7.15. The smallest absolute Gasteiger partial charge is 0.375 e. The molecule has 0 radical (unpaired) electrons. The van der Waals surface area contributed by atoms with Crippen LogP contribution in [0.5, 0.6) is 0 Å². The molecule has 0 unspecified atom stereocenters. The molecule has 0 bridgehead atoms. The number of anilines is 1. The molecule has 1 aliphatic rings. The number of alkyl halides is 3. The van der Waals surface area contributed by atoms with Crippen LogP contribution >= 0.6 is 23.8 Å². The Balaban J connectivity index is 1.98. The Morgan fingerprint density at radius 2 is 1.75 bits per heavy atom. The van der Waals surface area contributed by atoms with Gasteiger partial charge < -0.3 is 5.32 Å². The minimum absolute atomic E-state index is 0.380. The molecule has 1 N–H and O–H groups in total. The number of hydrogen-bond donors (Lipinski definition) is 1. The van der Waals surface area contributed by atoms with Crippen molar-refractivity contribution in [3.63, 3.8) is 0 Å². The van der Waals surface area contributed by atoms with Crippen LogP contribution in [-0.4, -0.2) is 3.96 Å². The van der Waals surface area contributed by atoms with E-state index in [0.29, 0.717) is 10.3 Å². The van der Waals surface area contributed by atoms with Gasteiger partial charge in [-0.3, -0.25) is 3.96 Å². The zero-order valence-corrected chi connectivity index (χ0v) is 17.5. The number of nitrogens with one attached hydrogen (secondary N) is 1. The Morgan fingerprint density at radius 1 is 1.07 bits per heavy atom. The van der Waals surface area contributed by atoms with Gasteiger partial charge in [-0.2, -0.15) is 13.2 Å². The predicted molar refractivity (Wildman–Crippen MR) is 111 cm³/mol. The van der Waals surface area contributed by atoms with E-state index in [-0.39, 0.29) is 5.54 Å². The highest BCUT2D eigenvalue weighted by atomic mass is 32.1. The van der Waals surface area contributed by atoms with Crippen LogP contribution in [0.25, 0.3) is 16.8 Å². The van der Waals surface area contributed by atoms with Crippen molar-refractivity contribution in [3.05, 3.63) is 62.6 Å². The first-order valence-electron chi connectivity index (χ1n) is 8.83. The second kappa shape index (κ2) is 6.19. The number of rotatable bonds is 1. The largest absolute Gasteiger partial charge is 0.416 e. The summed E-state index contributed by atoms with van der Waals surface area (Å²) in [4.78, 5) is 1.02. The van der Waals surface area contributed by atoms with Crippen molar-refractivity contribution in [1.29, 1.82) is 0 Å². The molecule has 2 heterocycles. The van der Waals surface area contributed by atoms with Crippen molar-refractivity contribution in [2.45, 2.75) is 39.4 Å². The van der Waals surface area contributed by atoms with Crippen LogP contribution in [0.4, 0.5) is 18.9 Å². The second-order valence-electron chi connectivity index (χ2n) is 7.68. The average Bonchev–Trinajstić information content (AvgIpc) is 2.95. The molecule has 0 saturated heterocycles. The van der Waals surface area contributed by atoms with E-state index in [2.05, 4.69) is 38.2 Å². The highest BCUT2D eigenvalue weighted by Crippen LogP contribution is 2.48. The predicted octanol–water partition coefficient (Wildman–Crippen LogP) is 7.23. The SMILES string of the molecule is Cc1cc2c(cc1C)-c1c(sn(-c3cccc(C(F)(F)F)c3)c1=S)C(C)(C)N2. The van der Waals surface area contributed by atoms with Gasteiger partial charge in [0.2, 0.25) is 0 Å². The van der Waals surface area contributed by atoms with Crippen LogP contribution in [0.1, 0.15) is 35.4 Å². The van der Waals surface area contributed by atoms with Crippen molar-refractivity contribution < 1.29 is 13.2 Å². The lowest BCUT2D eigenvalue weighted by atomic mass is 9.88. The van der Waals surface area contributed by atoms with Gasteiger partial charge in [-0.1, -0.05) is 29.8 Å². The highest BCUT2D eigenvalue weighted by molar-refractivity contribution is 7.71. The molecule has 146 valence electrons. The summed E-state index contributed by atoms with van der Waals surface area (Å²) in [5, 5.41) is 3.56. The van der Waals surface area contributed by atoms with E-state index in [1.165, 1.54) is 23.2 Å². The molecule has 4 rings (SSSR count). The summed E-state index contributed by atoms with van der Waals surface area (Å²) in [5.41, 5.74) is 4.64. The van der Waals surface area contributed by atoms with E-state index in [0.717, 1.165) is 39.4 Å². The van der Waals surface area contributed by atoms with Crippen LogP contribution < -0.4 is 5.32 Å². The third kappa shape index (κ3) is 2.97. The number of fused-ring (bicyclic) bond motifs is 3. The van der Waals surface area contributed by atoms with Crippen molar-refractivity contribution in [3.8, 4) is 16.8 Å². The Hall–Kier alpha value is -2.12. The average molecular weight is 421 g/mol. The number of aromatic nitrogens is 1. The quantitative estimate of drug-likeness (QED) is 0.418. The summed E-state index contributed by atoms with van der Waals surface area (Å²) in [6.07, 6.45) is -4.39. The van der Waals surface area contributed by atoms with Gasteiger partial charge in [0, 0.05) is 16.8 Å². The fourth-order valence-corrected chi connectivity index (χ4v) is 5.19. The van der Waals surface area contributed by atoms with Gasteiger partial charge in [-0.15, -0.1) is 0 Å². The fraction of sp³-hybridized carbons (Fsp3) is 0.286. The van der Waals surface area contributed by atoms with E-state index >= 15 is 0 Å². The number of benzene rings is 2. The molecule has 0 fully saturated rings. The number of hydrogen-bond acceptors (Lipinski definition) is 3. The standard InChI is InChI=1S/C21H19F3N2S2/c1-11-8-15-16(9-12(11)2)25-20(3,4)18-17(15)19(27)26(28-18)14-7-5-6-13(10-14)21(22,23)24/h5-10,25H,1-4H3. The van der Waals surface area contributed by atoms with E-state index < -0.39 is 11.7 Å². The molecular weight excluding hydrogens is 401 g/mol. The summed E-state index contributed by atoms with van der Waals surface area (Å²) in [6.45, 7) is 8.23. The molecule has 1 aliphatic heterocycles. The molecule has 0 amide bonds. The maximum Gasteiger partial charge on any atom is 0.416 e. The molecule has 28 heavy (non-hydrogen) atoms. The lowest BCUT2D eigenvalue weighted by molar-refractivity contribution is -0.137. The fourth-order valence-electron chi connectivity index (χ4n) is 3.54. The maximum absolute atomic E-state index is 13.2. The normalized spacial score (nSPS) is 15.0. The highest BCUT2D eigenvalue weighted by Gasteiger charge is 2.35. The molecule has 3 aromatic rings. The molecule has 7 heteroatoms. The van der Waals surface area contributed by atoms with E-state index in [1.807, 2.05) is 6.92 Å². The van der Waals surface area contributed by atoms with E-state index in [4.69, 9.17) is 12.2 Å². The maximum atomic E-state index is 13.2. The van der Waals surface area contributed by atoms with Crippen LogP contribution in [0, 0.1) is 18.5 Å². The summed E-state index contributed by atoms with van der Waals surface area (Å²) in [7, 11) is 0. The zero-order valence-electron chi connectivity index (χ0n) is 15.9. The Kier molecular flexibility index (Phi) is 4.25. The molecular formula is C21H19F3N2S2. The third-order valence-electron chi connectivity index (χ3n) is 5.13. The number of aryl methyl sites for hydroxylation is 2. The Bertz CT molecular complexity index is 1150. The van der Waals surface area contributed by atoms with Crippen molar-refractivity contribution in [2.24, 2.45) is 0 Å². The van der Waals surface area contributed by atoms with Gasteiger partial charge in [-0.05, 0) is 69.2 Å². The monoisotopic (exact) mass is 420 g/mol. The molecule has 0 atom stereocenters. The summed E-state index contributed by atoms with van der Waals surface area (Å²) < 4.78 is 41.8. The first-order chi connectivity index (χ1) is 13.0. The van der Waals surface area contributed by atoms with Crippen LogP contribution in [0.15, 0.2) is 36.4 Å². The third-order valence-corrected chi connectivity index (χ3v) is 7.11. The zero-order chi connectivity index (χ0) is 20.4. The second-order valence-corrected chi connectivity index (χ2v) is 9.02.